The van der Waals surface area contributed by atoms with Crippen molar-refractivity contribution in [1.82, 2.24) is 9.88 Å². The van der Waals surface area contributed by atoms with Crippen molar-refractivity contribution in [3.8, 4) is 11.5 Å². The van der Waals surface area contributed by atoms with Crippen LogP contribution in [-0.2, 0) is 0 Å². The summed E-state index contributed by atoms with van der Waals surface area (Å²) in [5.41, 5.74) is 1.46. The largest absolute Gasteiger partial charge is 0.492 e. The molecule has 5 nitrogen and oxygen atoms in total. The van der Waals surface area contributed by atoms with Crippen LogP contribution in [0.4, 0.5) is 0 Å². The van der Waals surface area contributed by atoms with Gasteiger partial charge >= 0.3 is 0 Å². The number of hydrogen-bond donors (Lipinski definition) is 0. The molecule has 1 saturated heterocycles. The van der Waals surface area contributed by atoms with Gasteiger partial charge in [0, 0.05) is 30.7 Å². The van der Waals surface area contributed by atoms with Crippen LogP contribution in [0.25, 0.3) is 11.1 Å². The summed E-state index contributed by atoms with van der Waals surface area (Å²) in [4.78, 5) is 6.53. The number of ether oxygens (including phenoxy) is 2. The van der Waals surface area contributed by atoms with Crippen molar-refractivity contribution in [2.45, 2.75) is 25.4 Å². The lowest BCUT2D eigenvalue weighted by Gasteiger charge is -2.39. The number of aromatic nitrogens is 1. The summed E-state index contributed by atoms with van der Waals surface area (Å²) in [5.74, 6) is 1.69. The molecule has 27 heavy (non-hydrogen) atoms. The fourth-order valence-electron chi connectivity index (χ4n) is 3.36. The molecule has 6 heteroatoms. The van der Waals surface area contributed by atoms with Crippen LogP contribution in [0.3, 0.4) is 0 Å². The zero-order valence-electron chi connectivity index (χ0n) is 15.4. The first-order chi connectivity index (χ1) is 13.1. The Morgan fingerprint density at radius 2 is 1.85 bits per heavy atom. The molecule has 2 aromatic carbocycles. The van der Waals surface area contributed by atoms with Crippen molar-refractivity contribution in [1.29, 1.82) is 0 Å². The Morgan fingerprint density at radius 3 is 2.63 bits per heavy atom. The smallest absolute Gasteiger partial charge is 0.181 e. The monoisotopic (exact) mass is 386 g/mol. The van der Waals surface area contributed by atoms with Crippen molar-refractivity contribution < 1.29 is 13.9 Å². The minimum atomic E-state index is -0.136. The highest BCUT2D eigenvalue weighted by Gasteiger charge is 2.31. The summed E-state index contributed by atoms with van der Waals surface area (Å²) in [6.07, 6.45) is 3.42. The Morgan fingerprint density at radius 1 is 1.11 bits per heavy atom. The minimum Gasteiger partial charge on any atom is -0.492 e. The number of piperidine rings is 1. The summed E-state index contributed by atoms with van der Waals surface area (Å²) < 4.78 is 17.4. The van der Waals surface area contributed by atoms with Crippen molar-refractivity contribution in [2.75, 3.05) is 26.2 Å². The molecule has 1 aliphatic heterocycles. The van der Waals surface area contributed by atoms with Crippen molar-refractivity contribution in [2.24, 2.45) is 0 Å². The van der Waals surface area contributed by atoms with Crippen LogP contribution in [0.1, 0.15) is 19.8 Å². The van der Waals surface area contributed by atoms with Gasteiger partial charge in [0.25, 0.3) is 0 Å². The molecule has 0 saturated carbocycles. The zero-order valence-corrected chi connectivity index (χ0v) is 16.1. The van der Waals surface area contributed by atoms with Crippen LogP contribution < -0.4 is 9.47 Å². The van der Waals surface area contributed by atoms with Gasteiger partial charge in [-0.05, 0) is 56.2 Å². The van der Waals surface area contributed by atoms with E-state index in [1.54, 1.807) is 0 Å². The van der Waals surface area contributed by atoms with Crippen LogP contribution in [-0.4, -0.2) is 41.7 Å². The second-order valence-corrected chi connectivity index (χ2v) is 7.61. The quantitative estimate of drug-likeness (QED) is 0.609. The topological polar surface area (TPSA) is 47.7 Å². The molecule has 2 heterocycles. The number of halogens is 1. The van der Waals surface area contributed by atoms with Gasteiger partial charge in [-0.3, -0.25) is 4.90 Å². The van der Waals surface area contributed by atoms with E-state index in [0.29, 0.717) is 6.61 Å². The summed E-state index contributed by atoms with van der Waals surface area (Å²) >= 11 is 5.94. The molecular formula is C21H23ClN2O3. The first kappa shape index (κ1) is 18.1. The van der Waals surface area contributed by atoms with Crippen LogP contribution in [0.2, 0.25) is 5.02 Å². The van der Waals surface area contributed by atoms with Gasteiger partial charge in [-0.15, -0.1) is 0 Å². The van der Waals surface area contributed by atoms with Crippen LogP contribution >= 0.6 is 11.6 Å². The third-order valence-electron chi connectivity index (χ3n) is 5.07. The maximum absolute atomic E-state index is 6.22. The zero-order chi connectivity index (χ0) is 18.7. The summed E-state index contributed by atoms with van der Waals surface area (Å²) in [7, 11) is 0. The van der Waals surface area contributed by atoms with E-state index in [1.165, 1.54) is 6.39 Å². The van der Waals surface area contributed by atoms with E-state index in [-0.39, 0.29) is 5.60 Å². The Labute approximate surface area is 163 Å². The number of benzene rings is 2. The number of nitrogens with zero attached hydrogens (tertiary/aromatic N) is 2. The number of hydrogen-bond acceptors (Lipinski definition) is 5. The number of likely N-dealkylation sites (tertiary alicyclic amines) is 1. The van der Waals surface area contributed by atoms with Gasteiger partial charge in [-0.1, -0.05) is 11.6 Å². The maximum atomic E-state index is 6.22. The van der Waals surface area contributed by atoms with Gasteiger partial charge in [0.05, 0.1) is 0 Å². The first-order valence-corrected chi connectivity index (χ1v) is 9.60. The van der Waals surface area contributed by atoms with Gasteiger partial charge < -0.3 is 13.9 Å². The molecule has 142 valence electrons. The van der Waals surface area contributed by atoms with Crippen molar-refractivity contribution >= 4 is 22.7 Å². The minimum absolute atomic E-state index is 0.136. The normalized spacial score (nSPS) is 17.1. The molecule has 3 aromatic rings. The van der Waals surface area contributed by atoms with E-state index >= 15 is 0 Å². The Bertz CT molecular complexity index is 886. The average molecular weight is 387 g/mol. The van der Waals surface area contributed by atoms with Gasteiger partial charge in [0.15, 0.2) is 12.0 Å². The third-order valence-corrected chi connectivity index (χ3v) is 5.32. The Kier molecular flexibility index (Phi) is 5.23. The first-order valence-electron chi connectivity index (χ1n) is 9.23. The summed E-state index contributed by atoms with van der Waals surface area (Å²) in [6.45, 7) is 5.71. The maximum Gasteiger partial charge on any atom is 0.181 e. The highest BCUT2D eigenvalue weighted by atomic mass is 35.5. The molecular weight excluding hydrogens is 364 g/mol. The molecule has 0 radical (unpaired) electrons. The number of rotatable bonds is 6. The molecule has 1 fully saturated rings. The molecule has 0 aliphatic carbocycles. The highest BCUT2D eigenvalue weighted by molar-refractivity contribution is 6.30. The Balaban J connectivity index is 1.23. The SMILES string of the molecule is CC1(Oc2ccc(Cl)cc2)CCN(CCOc2ccc3ncoc3c2)CC1. The highest BCUT2D eigenvalue weighted by Crippen LogP contribution is 2.29. The van der Waals surface area contributed by atoms with Crippen LogP contribution in [0.5, 0.6) is 11.5 Å². The van der Waals surface area contributed by atoms with E-state index in [4.69, 9.17) is 25.5 Å². The molecule has 0 atom stereocenters. The fraction of sp³-hybridized carbons (Fsp3) is 0.381. The second-order valence-electron chi connectivity index (χ2n) is 7.18. The van der Waals surface area contributed by atoms with Gasteiger partial charge in [-0.2, -0.15) is 0 Å². The lowest BCUT2D eigenvalue weighted by Crippen LogP contribution is -2.47. The summed E-state index contributed by atoms with van der Waals surface area (Å²) in [5, 5.41) is 0.727. The predicted octanol–water partition coefficient (Wildman–Crippen LogP) is 4.79. The molecule has 0 spiro atoms. The van der Waals surface area contributed by atoms with Gasteiger partial charge in [-0.25, -0.2) is 4.98 Å². The molecule has 0 amide bonds. The molecule has 1 aliphatic rings. The third kappa shape index (κ3) is 4.54. The van der Waals surface area contributed by atoms with E-state index in [9.17, 15) is 0 Å². The van der Waals surface area contributed by atoms with E-state index in [2.05, 4.69) is 16.8 Å². The predicted molar refractivity (Wildman–Crippen MR) is 106 cm³/mol. The fourth-order valence-corrected chi connectivity index (χ4v) is 3.48. The van der Waals surface area contributed by atoms with Crippen molar-refractivity contribution in [3.63, 3.8) is 0 Å². The lowest BCUT2D eigenvalue weighted by molar-refractivity contribution is 0.0135. The van der Waals surface area contributed by atoms with E-state index in [1.807, 2.05) is 42.5 Å². The van der Waals surface area contributed by atoms with Gasteiger partial charge in [0.1, 0.15) is 29.2 Å². The van der Waals surface area contributed by atoms with Crippen LogP contribution in [0.15, 0.2) is 53.3 Å². The molecule has 0 unspecified atom stereocenters. The molecule has 0 N–H and O–H groups in total. The standard InChI is InChI=1S/C21H23ClN2O3/c1-21(27-17-4-2-16(22)3-5-17)8-10-24(11-9-21)12-13-25-18-6-7-19-20(14-18)26-15-23-19/h2-7,14-15H,8-13H2,1H3. The lowest BCUT2D eigenvalue weighted by atomic mass is 9.93. The molecule has 4 rings (SSSR count). The molecule has 1 aromatic heterocycles. The molecule has 0 bridgehead atoms. The summed E-state index contributed by atoms with van der Waals surface area (Å²) in [6, 6.07) is 13.3. The number of oxazole rings is 1. The van der Waals surface area contributed by atoms with Crippen molar-refractivity contribution in [3.05, 3.63) is 53.9 Å². The number of fused-ring (bicyclic) bond motifs is 1. The van der Waals surface area contributed by atoms with Gasteiger partial charge in [0.2, 0.25) is 0 Å². The Hall–Kier alpha value is -2.24. The van der Waals surface area contributed by atoms with E-state index in [0.717, 1.165) is 60.1 Å². The van der Waals surface area contributed by atoms with Crippen LogP contribution in [0, 0.1) is 0 Å². The average Bonchev–Trinajstić information content (AvgIpc) is 3.13. The second kappa shape index (κ2) is 7.79. The van der Waals surface area contributed by atoms with E-state index < -0.39 is 0 Å².